The van der Waals surface area contributed by atoms with Crippen LogP contribution in [0.2, 0.25) is 0 Å². The van der Waals surface area contributed by atoms with Crippen molar-refractivity contribution in [3.63, 3.8) is 0 Å². The first-order chi connectivity index (χ1) is 9.26. The van der Waals surface area contributed by atoms with Gasteiger partial charge in [-0.1, -0.05) is 11.8 Å². The highest BCUT2D eigenvalue weighted by molar-refractivity contribution is 9.10. The number of rotatable bonds is 4. The fraction of sp³-hybridized carbons (Fsp3) is 0.300. The Balaban J connectivity index is 2.47. The normalized spacial score (nSPS) is 12.0. The van der Waals surface area contributed by atoms with Gasteiger partial charge in [0.1, 0.15) is 12.1 Å². The van der Waals surface area contributed by atoms with Gasteiger partial charge in [-0.2, -0.15) is 13.2 Å². The van der Waals surface area contributed by atoms with Gasteiger partial charge in [0.25, 0.3) is 0 Å². The first-order valence-electron chi connectivity index (χ1n) is 5.19. The van der Waals surface area contributed by atoms with Gasteiger partial charge in [0.2, 0.25) is 0 Å². The number of carboxylic acids is 1. The zero-order valence-corrected chi connectivity index (χ0v) is 12.1. The molecule has 10 heteroatoms. The molecular formula is C10H7BrF3N3O2S. The molecule has 0 aliphatic rings. The van der Waals surface area contributed by atoms with Crippen LogP contribution >= 0.6 is 27.7 Å². The van der Waals surface area contributed by atoms with E-state index in [1.54, 1.807) is 0 Å². The average molecular weight is 370 g/mol. The topological polar surface area (TPSA) is 68.0 Å². The van der Waals surface area contributed by atoms with Crippen molar-refractivity contribution < 1.29 is 23.1 Å². The number of carboxylic acid groups (broad SMARTS) is 1. The number of aliphatic carboxylic acids is 1. The lowest BCUT2D eigenvalue weighted by Gasteiger charge is -2.10. The Morgan fingerprint density at radius 2 is 2.20 bits per heavy atom. The van der Waals surface area contributed by atoms with Crippen molar-refractivity contribution in [2.24, 2.45) is 0 Å². The van der Waals surface area contributed by atoms with Crippen LogP contribution in [0.5, 0.6) is 0 Å². The maximum absolute atomic E-state index is 12.6. The van der Waals surface area contributed by atoms with Gasteiger partial charge in [-0.05, 0) is 22.0 Å². The monoisotopic (exact) mass is 369 g/mol. The summed E-state index contributed by atoms with van der Waals surface area (Å²) in [4.78, 5) is 18.4. The summed E-state index contributed by atoms with van der Waals surface area (Å²) >= 11 is 3.88. The lowest BCUT2D eigenvalue weighted by Crippen LogP contribution is -2.18. The van der Waals surface area contributed by atoms with Gasteiger partial charge in [-0.3, -0.25) is 9.36 Å². The van der Waals surface area contributed by atoms with Crippen LogP contribution in [0.1, 0.15) is 0 Å². The second-order valence-corrected chi connectivity index (χ2v) is 5.63. The van der Waals surface area contributed by atoms with E-state index in [9.17, 15) is 18.0 Å². The molecule has 0 unspecified atom stereocenters. The lowest BCUT2D eigenvalue weighted by molar-refractivity contribution is -0.141. The number of carbonyl (C=O) groups is 1. The summed E-state index contributed by atoms with van der Waals surface area (Å²) in [6.45, 7) is -1.26. The molecule has 0 saturated heterocycles. The molecule has 0 radical (unpaired) electrons. The fourth-order valence-electron chi connectivity index (χ4n) is 1.52. The molecule has 2 rings (SSSR count). The molecule has 0 spiro atoms. The second-order valence-electron chi connectivity index (χ2n) is 3.77. The molecule has 108 valence electrons. The van der Waals surface area contributed by atoms with E-state index in [1.165, 1.54) is 12.3 Å². The molecule has 20 heavy (non-hydrogen) atoms. The van der Waals surface area contributed by atoms with Crippen molar-refractivity contribution in [3.8, 4) is 0 Å². The maximum Gasteiger partial charge on any atom is 0.406 e. The van der Waals surface area contributed by atoms with Crippen LogP contribution in [0.15, 0.2) is 21.9 Å². The Bertz CT molecular complexity index is 659. The zero-order chi connectivity index (χ0) is 14.9. The van der Waals surface area contributed by atoms with E-state index in [0.717, 1.165) is 16.3 Å². The minimum Gasteiger partial charge on any atom is -0.481 e. The minimum absolute atomic E-state index is 0.0228. The van der Waals surface area contributed by atoms with Crippen molar-refractivity contribution >= 4 is 44.8 Å². The SMILES string of the molecule is O=C(O)CSc1nc2cc(Br)cnc2n1CC(F)(F)F. The summed E-state index contributed by atoms with van der Waals surface area (Å²) in [7, 11) is 0. The summed E-state index contributed by atoms with van der Waals surface area (Å²) < 4.78 is 39.2. The van der Waals surface area contributed by atoms with Gasteiger partial charge in [-0.15, -0.1) is 0 Å². The maximum atomic E-state index is 12.6. The van der Waals surface area contributed by atoms with E-state index >= 15 is 0 Å². The molecule has 0 fully saturated rings. The summed E-state index contributed by atoms with van der Waals surface area (Å²) in [5.41, 5.74) is 0.343. The van der Waals surface area contributed by atoms with Gasteiger partial charge in [0.15, 0.2) is 10.8 Å². The van der Waals surface area contributed by atoms with Crippen LogP contribution < -0.4 is 0 Å². The number of pyridine rings is 1. The standard InChI is InChI=1S/C10H7BrF3N3O2S/c11-5-1-6-8(15-2-5)17(4-10(12,13)14)9(16-6)20-3-7(18)19/h1-2H,3-4H2,(H,18,19). The highest BCUT2D eigenvalue weighted by atomic mass is 79.9. The smallest absolute Gasteiger partial charge is 0.406 e. The van der Waals surface area contributed by atoms with Crippen LogP contribution in [0.3, 0.4) is 0 Å². The molecule has 1 N–H and O–H groups in total. The summed E-state index contributed by atoms with van der Waals surface area (Å²) in [5.74, 6) is -1.50. The van der Waals surface area contributed by atoms with Crippen LogP contribution in [0.4, 0.5) is 13.2 Å². The summed E-state index contributed by atoms with van der Waals surface area (Å²) in [5, 5.41) is 8.59. The number of halogens is 4. The van der Waals surface area contributed by atoms with E-state index in [4.69, 9.17) is 5.11 Å². The third-order valence-electron chi connectivity index (χ3n) is 2.18. The molecule has 0 bridgehead atoms. The number of hydrogen-bond acceptors (Lipinski definition) is 4. The Morgan fingerprint density at radius 1 is 1.50 bits per heavy atom. The zero-order valence-electron chi connectivity index (χ0n) is 9.69. The highest BCUT2D eigenvalue weighted by Gasteiger charge is 2.31. The van der Waals surface area contributed by atoms with Crippen molar-refractivity contribution in [2.45, 2.75) is 17.9 Å². The van der Waals surface area contributed by atoms with Gasteiger partial charge in [0, 0.05) is 10.7 Å². The molecule has 0 saturated carbocycles. The molecule has 2 heterocycles. The quantitative estimate of drug-likeness (QED) is 0.839. The summed E-state index contributed by atoms with van der Waals surface area (Å²) in [6, 6.07) is 1.53. The van der Waals surface area contributed by atoms with Gasteiger partial charge < -0.3 is 5.11 Å². The number of imidazole rings is 1. The molecule has 0 aliphatic heterocycles. The van der Waals surface area contributed by atoms with E-state index in [2.05, 4.69) is 25.9 Å². The first kappa shape index (κ1) is 15.1. The number of nitrogens with zero attached hydrogens (tertiary/aromatic N) is 3. The Morgan fingerprint density at radius 3 is 2.80 bits per heavy atom. The van der Waals surface area contributed by atoms with Gasteiger partial charge >= 0.3 is 12.1 Å². The molecule has 0 aromatic carbocycles. The molecule has 0 amide bonds. The van der Waals surface area contributed by atoms with E-state index in [0.29, 0.717) is 4.47 Å². The highest BCUT2D eigenvalue weighted by Crippen LogP contribution is 2.28. The molecule has 0 atom stereocenters. The Labute approximate surface area is 123 Å². The molecule has 0 aliphatic carbocycles. The fourth-order valence-corrected chi connectivity index (χ4v) is 2.57. The third-order valence-corrected chi connectivity index (χ3v) is 3.57. The van der Waals surface area contributed by atoms with Crippen LogP contribution in [0.25, 0.3) is 11.2 Å². The summed E-state index contributed by atoms with van der Waals surface area (Å²) in [6.07, 6.45) is -3.08. The van der Waals surface area contributed by atoms with Crippen LogP contribution in [-0.4, -0.2) is 37.5 Å². The molecule has 2 aromatic rings. The lowest BCUT2D eigenvalue weighted by atomic mass is 10.4. The van der Waals surface area contributed by atoms with Crippen LogP contribution in [0, 0.1) is 0 Å². The molecule has 5 nitrogen and oxygen atoms in total. The van der Waals surface area contributed by atoms with E-state index in [-0.39, 0.29) is 22.1 Å². The number of hydrogen-bond donors (Lipinski definition) is 1. The average Bonchev–Trinajstić information content (AvgIpc) is 2.62. The van der Waals surface area contributed by atoms with Crippen LogP contribution in [-0.2, 0) is 11.3 Å². The van der Waals surface area contributed by atoms with Crippen molar-refractivity contribution in [2.75, 3.05) is 5.75 Å². The number of alkyl halides is 3. The molecular weight excluding hydrogens is 363 g/mol. The predicted octanol–water partition coefficient (Wildman–Crippen LogP) is 2.93. The second kappa shape index (κ2) is 5.60. The van der Waals surface area contributed by atoms with Crippen molar-refractivity contribution in [1.82, 2.24) is 14.5 Å². The molecule has 2 aromatic heterocycles. The first-order valence-corrected chi connectivity index (χ1v) is 6.97. The van der Waals surface area contributed by atoms with E-state index < -0.39 is 18.7 Å². The largest absolute Gasteiger partial charge is 0.481 e. The number of thioether (sulfide) groups is 1. The van der Waals surface area contributed by atoms with Crippen molar-refractivity contribution in [1.29, 1.82) is 0 Å². The third kappa shape index (κ3) is 3.63. The van der Waals surface area contributed by atoms with Gasteiger partial charge in [-0.25, -0.2) is 9.97 Å². The Hall–Kier alpha value is -1.29. The predicted molar refractivity (Wildman–Crippen MR) is 69.6 cm³/mol. The van der Waals surface area contributed by atoms with E-state index in [1.807, 2.05) is 0 Å². The number of fused-ring (bicyclic) bond motifs is 1. The minimum atomic E-state index is -4.44. The Kier molecular flexibility index (Phi) is 4.23. The van der Waals surface area contributed by atoms with Crippen molar-refractivity contribution in [3.05, 3.63) is 16.7 Å². The van der Waals surface area contributed by atoms with Gasteiger partial charge in [0.05, 0.1) is 5.75 Å². The number of aromatic nitrogens is 3.